The molecule has 10 nitrogen and oxygen atoms in total. The Kier molecular flexibility index (Phi) is 5.58. The van der Waals surface area contributed by atoms with Gasteiger partial charge >= 0.3 is 0 Å². The van der Waals surface area contributed by atoms with Crippen LogP contribution in [0.5, 0.6) is 0 Å². The second kappa shape index (κ2) is 7.80. The Labute approximate surface area is 169 Å². The van der Waals surface area contributed by atoms with Crippen molar-refractivity contribution in [3.8, 4) is 0 Å². The first kappa shape index (κ1) is 20.7. The third-order valence-electron chi connectivity index (χ3n) is 4.72. The van der Waals surface area contributed by atoms with Crippen LogP contribution in [0.25, 0.3) is 0 Å². The lowest BCUT2D eigenvalue weighted by molar-refractivity contribution is 0.0711. The first-order valence-electron chi connectivity index (χ1n) is 9.32. The summed E-state index contributed by atoms with van der Waals surface area (Å²) in [7, 11) is 3.61. The van der Waals surface area contributed by atoms with E-state index in [1.54, 1.807) is 75.1 Å². The molecule has 2 atom stereocenters. The topological polar surface area (TPSA) is 126 Å². The largest absolute Gasteiger partial charge is 0.383 e. The predicted molar refractivity (Wildman–Crippen MR) is 109 cm³/mol. The summed E-state index contributed by atoms with van der Waals surface area (Å²) in [6.45, 7) is 5.73. The lowest BCUT2D eigenvalue weighted by Gasteiger charge is -2.24. The molecule has 3 heterocycles. The molecular weight excluding hydrogens is 372 g/mol. The highest BCUT2D eigenvalue weighted by molar-refractivity contribution is 5.48. The van der Waals surface area contributed by atoms with E-state index in [0.29, 0.717) is 28.6 Å². The number of aromatic nitrogens is 6. The number of hydrogen-bond donors (Lipinski definition) is 4. The molecule has 0 fully saturated rings. The number of aryl methyl sites for hydroxylation is 3. The van der Waals surface area contributed by atoms with Gasteiger partial charge in [-0.25, -0.2) is 9.97 Å². The molecule has 4 N–H and O–H groups in total. The van der Waals surface area contributed by atoms with Crippen LogP contribution in [0.1, 0.15) is 30.8 Å². The van der Waals surface area contributed by atoms with Gasteiger partial charge in [0.25, 0.3) is 0 Å². The van der Waals surface area contributed by atoms with Crippen molar-refractivity contribution >= 4 is 11.6 Å². The quantitative estimate of drug-likeness (QED) is 0.439. The van der Waals surface area contributed by atoms with E-state index >= 15 is 0 Å². The molecule has 0 spiro atoms. The zero-order chi connectivity index (χ0) is 21.2. The first-order valence-corrected chi connectivity index (χ1v) is 9.32. The lowest BCUT2D eigenvalue weighted by Crippen LogP contribution is -2.31. The van der Waals surface area contributed by atoms with Crippen molar-refractivity contribution in [3.05, 3.63) is 47.8 Å². The van der Waals surface area contributed by atoms with E-state index in [0.717, 1.165) is 0 Å². The summed E-state index contributed by atoms with van der Waals surface area (Å²) in [6.07, 6.45) is 6.83. The average molecular weight is 400 g/mol. The standard InChI is InChI=1S/C19H28N8O2/c1-13-24-16(20-11-18(2,28)14-7-22-26(4)9-14)6-17(25-13)21-12-19(3,29)15-8-23-27(5)10-15/h6-10,28-29H,11-12H2,1-5H3,(H2,20,21,24,25). The summed E-state index contributed by atoms with van der Waals surface area (Å²) in [6, 6.07) is 1.74. The molecule has 0 saturated carbocycles. The molecule has 0 aliphatic heterocycles. The molecule has 0 bridgehead atoms. The van der Waals surface area contributed by atoms with Gasteiger partial charge in [-0.3, -0.25) is 9.36 Å². The number of hydrogen-bond acceptors (Lipinski definition) is 8. The Morgan fingerprint density at radius 3 is 1.62 bits per heavy atom. The maximum absolute atomic E-state index is 10.7. The van der Waals surface area contributed by atoms with Gasteiger partial charge in [0.1, 0.15) is 28.7 Å². The zero-order valence-corrected chi connectivity index (χ0v) is 17.4. The first-order chi connectivity index (χ1) is 13.5. The molecule has 0 radical (unpaired) electrons. The van der Waals surface area contributed by atoms with E-state index in [1.807, 2.05) is 0 Å². The molecule has 29 heavy (non-hydrogen) atoms. The van der Waals surface area contributed by atoms with Crippen LogP contribution in [0.2, 0.25) is 0 Å². The molecule has 3 rings (SSSR count). The van der Waals surface area contributed by atoms with Crippen molar-refractivity contribution in [1.82, 2.24) is 29.5 Å². The highest BCUT2D eigenvalue weighted by Crippen LogP contribution is 2.23. The number of rotatable bonds is 8. The van der Waals surface area contributed by atoms with Gasteiger partial charge < -0.3 is 20.8 Å². The van der Waals surface area contributed by atoms with Crippen molar-refractivity contribution in [3.63, 3.8) is 0 Å². The number of anilines is 2. The maximum atomic E-state index is 10.7. The van der Waals surface area contributed by atoms with Crippen LogP contribution in [0.3, 0.4) is 0 Å². The Hall–Kier alpha value is -2.98. The van der Waals surface area contributed by atoms with Crippen molar-refractivity contribution in [1.29, 1.82) is 0 Å². The van der Waals surface area contributed by atoms with Gasteiger partial charge in [-0.05, 0) is 20.8 Å². The van der Waals surface area contributed by atoms with E-state index in [-0.39, 0.29) is 13.1 Å². The molecule has 0 saturated heterocycles. The van der Waals surface area contributed by atoms with Gasteiger partial charge in [-0.15, -0.1) is 0 Å². The minimum Gasteiger partial charge on any atom is -0.383 e. The maximum Gasteiger partial charge on any atom is 0.131 e. The highest BCUT2D eigenvalue weighted by Gasteiger charge is 2.26. The van der Waals surface area contributed by atoms with Crippen LogP contribution < -0.4 is 10.6 Å². The van der Waals surface area contributed by atoms with Gasteiger partial charge in [-0.1, -0.05) is 0 Å². The molecular formula is C19H28N8O2. The Bertz CT molecular complexity index is 902. The van der Waals surface area contributed by atoms with Crippen molar-refractivity contribution in [2.75, 3.05) is 23.7 Å². The van der Waals surface area contributed by atoms with Gasteiger partial charge in [0.15, 0.2) is 0 Å². The smallest absolute Gasteiger partial charge is 0.131 e. The van der Waals surface area contributed by atoms with E-state index in [4.69, 9.17) is 0 Å². The van der Waals surface area contributed by atoms with E-state index in [1.165, 1.54) is 0 Å². The van der Waals surface area contributed by atoms with E-state index < -0.39 is 11.2 Å². The molecule has 156 valence electrons. The minimum atomic E-state index is -1.11. The van der Waals surface area contributed by atoms with Gasteiger partial charge in [0, 0.05) is 56.8 Å². The lowest BCUT2D eigenvalue weighted by atomic mass is 9.99. The van der Waals surface area contributed by atoms with Gasteiger partial charge in [0.2, 0.25) is 0 Å². The second-order valence-electron chi connectivity index (χ2n) is 7.75. The van der Waals surface area contributed by atoms with Crippen LogP contribution in [0.15, 0.2) is 30.9 Å². The summed E-state index contributed by atoms with van der Waals surface area (Å²) in [5.74, 6) is 1.72. The average Bonchev–Trinajstić information content (AvgIpc) is 3.27. The monoisotopic (exact) mass is 400 g/mol. The van der Waals surface area contributed by atoms with Crippen molar-refractivity contribution in [2.24, 2.45) is 14.1 Å². The summed E-state index contributed by atoms with van der Waals surface area (Å²) in [4.78, 5) is 8.74. The van der Waals surface area contributed by atoms with E-state index in [9.17, 15) is 10.2 Å². The molecule has 0 aliphatic rings. The number of nitrogens with one attached hydrogen (secondary N) is 2. The minimum absolute atomic E-state index is 0.252. The fraction of sp³-hybridized carbons (Fsp3) is 0.474. The van der Waals surface area contributed by atoms with Crippen LogP contribution in [0, 0.1) is 6.92 Å². The van der Waals surface area contributed by atoms with Crippen LogP contribution >= 0.6 is 0 Å². The van der Waals surface area contributed by atoms with Crippen LogP contribution in [-0.4, -0.2) is 52.8 Å². The summed E-state index contributed by atoms with van der Waals surface area (Å²) in [5.41, 5.74) is -0.789. The molecule has 3 aromatic heterocycles. The molecule has 2 unspecified atom stereocenters. The Balaban J connectivity index is 1.66. The van der Waals surface area contributed by atoms with Crippen LogP contribution in [-0.2, 0) is 25.3 Å². The molecule has 0 aromatic carbocycles. The molecule has 0 aliphatic carbocycles. The summed E-state index contributed by atoms with van der Waals surface area (Å²) < 4.78 is 3.30. The summed E-state index contributed by atoms with van der Waals surface area (Å²) >= 11 is 0. The Morgan fingerprint density at radius 1 is 0.862 bits per heavy atom. The van der Waals surface area contributed by atoms with Gasteiger partial charge in [-0.2, -0.15) is 10.2 Å². The SMILES string of the molecule is Cc1nc(NCC(C)(O)c2cnn(C)c2)cc(NCC(C)(O)c2cnn(C)c2)n1. The zero-order valence-electron chi connectivity index (χ0n) is 17.4. The fourth-order valence-corrected chi connectivity index (χ4v) is 2.88. The highest BCUT2D eigenvalue weighted by atomic mass is 16.3. The molecule has 0 amide bonds. The fourth-order valence-electron chi connectivity index (χ4n) is 2.88. The van der Waals surface area contributed by atoms with Crippen LogP contribution in [0.4, 0.5) is 11.6 Å². The van der Waals surface area contributed by atoms with Crippen molar-refractivity contribution in [2.45, 2.75) is 32.0 Å². The third kappa shape index (κ3) is 5.09. The third-order valence-corrected chi connectivity index (χ3v) is 4.72. The molecule has 3 aromatic rings. The van der Waals surface area contributed by atoms with Gasteiger partial charge in [0.05, 0.1) is 12.4 Å². The van der Waals surface area contributed by atoms with Crippen molar-refractivity contribution < 1.29 is 10.2 Å². The molecule has 10 heteroatoms. The number of aliphatic hydroxyl groups is 2. The van der Waals surface area contributed by atoms with E-state index in [2.05, 4.69) is 30.8 Å². The second-order valence-corrected chi connectivity index (χ2v) is 7.75. The summed E-state index contributed by atoms with van der Waals surface area (Å²) in [5, 5.41) is 36.0. The Morgan fingerprint density at radius 2 is 1.28 bits per heavy atom. The number of nitrogens with zero attached hydrogens (tertiary/aromatic N) is 6. The predicted octanol–water partition coefficient (Wildman–Crippen LogP) is 0.891. The normalized spacial score (nSPS) is 15.6.